The van der Waals surface area contributed by atoms with E-state index >= 15 is 0 Å². The van der Waals surface area contributed by atoms with Crippen LogP contribution in [0.5, 0.6) is 0 Å². The molecule has 4 nitrogen and oxygen atoms in total. The number of carbonyl (C=O) groups is 1. The van der Waals surface area contributed by atoms with Crippen molar-refractivity contribution in [2.75, 3.05) is 0 Å². The van der Waals surface area contributed by atoms with Gasteiger partial charge in [0.05, 0.1) is 15.4 Å². The predicted octanol–water partition coefficient (Wildman–Crippen LogP) is -1.02. The van der Waals surface area contributed by atoms with Crippen molar-refractivity contribution >= 4 is 15.9 Å². The smallest absolute Gasteiger partial charge is 0.748 e. The van der Waals surface area contributed by atoms with Gasteiger partial charge in [0.2, 0.25) is 0 Å². The molecular formula is C13H15KO4S. The molecule has 0 heterocycles. The van der Waals surface area contributed by atoms with Gasteiger partial charge in [-0.1, -0.05) is 43.2 Å². The van der Waals surface area contributed by atoms with Crippen LogP contribution in [0, 0.1) is 5.92 Å². The third-order valence-electron chi connectivity index (χ3n) is 3.47. The monoisotopic (exact) mass is 306 g/mol. The molecule has 1 aliphatic rings. The van der Waals surface area contributed by atoms with Crippen LogP contribution in [-0.2, 0) is 10.1 Å². The molecule has 0 radical (unpaired) electrons. The molecule has 0 aliphatic heterocycles. The van der Waals surface area contributed by atoms with Crippen LogP contribution in [0.1, 0.15) is 36.0 Å². The Morgan fingerprint density at radius 2 is 1.68 bits per heavy atom. The van der Waals surface area contributed by atoms with Gasteiger partial charge in [-0.3, -0.25) is 4.79 Å². The summed E-state index contributed by atoms with van der Waals surface area (Å²) in [6, 6.07) is 8.57. The molecule has 0 saturated heterocycles. The molecule has 0 spiro atoms. The zero-order valence-electron chi connectivity index (χ0n) is 10.9. The molecule has 0 N–H and O–H groups in total. The van der Waals surface area contributed by atoms with Gasteiger partial charge in [-0.05, 0) is 12.8 Å². The van der Waals surface area contributed by atoms with Crippen molar-refractivity contribution in [3.05, 3.63) is 35.9 Å². The third kappa shape index (κ3) is 4.46. The minimum Gasteiger partial charge on any atom is -0.748 e. The van der Waals surface area contributed by atoms with Gasteiger partial charge < -0.3 is 4.55 Å². The van der Waals surface area contributed by atoms with Gasteiger partial charge in [0.1, 0.15) is 0 Å². The van der Waals surface area contributed by atoms with Gasteiger partial charge in [-0.2, -0.15) is 0 Å². The van der Waals surface area contributed by atoms with E-state index in [9.17, 15) is 17.8 Å². The zero-order valence-corrected chi connectivity index (χ0v) is 14.9. The second kappa shape index (κ2) is 7.45. The van der Waals surface area contributed by atoms with Gasteiger partial charge in [0, 0.05) is 11.5 Å². The SMILES string of the molecule is O=C(c1ccccc1)C1CCCCC1S(=O)(=O)[O-].[K+]. The largest absolute Gasteiger partial charge is 1.00 e. The molecule has 1 fully saturated rings. The Kier molecular flexibility index (Phi) is 6.85. The van der Waals surface area contributed by atoms with Crippen molar-refractivity contribution in [2.45, 2.75) is 30.9 Å². The van der Waals surface area contributed by atoms with Crippen molar-refractivity contribution in [3.8, 4) is 0 Å². The van der Waals surface area contributed by atoms with Crippen LogP contribution in [0.25, 0.3) is 0 Å². The Morgan fingerprint density at radius 3 is 2.26 bits per heavy atom. The van der Waals surface area contributed by atoms with Crippen LogP contribution in [0.4, 0.5) is 0 Å². The molecule has 1 aliphatic carbocycles. The first-order valence-corrected chi connectivity index (χ1v) is 7.51. The van der Waals surface area contributed by atoms with E-state index in [4.69, 9.17) is 0 Å². The molecule has 19 heavy (non-hydrogen) atoms. The summed E-state index contributed by atoms with van der Waals surface area (Å²) in [7, 11) is -4.40. The predicted molar refractivity (Wildman–Crippen MR) is 66.2 cm³/mol. The topological polar surface area (TPSA) is 74.3 Å². The van der Waals surface area contributed by atoms with Gasteiger partial charge in [-0.25, -0.2) is 8.42 Å². The van der Waals surface area contributed by atoms with Crippen molar-refractivity contribution < 1.29 is 69.1 Å². The molecule has 6 heteroatoms. The van der Waals surface area contributed by atoms with Crippen LogP contribution < -0.4 is 51.4 Å². The first-order chi connectivity index (χ1) is 8.50. The Bertz CT molecular complexity index is 527. The summed E-state index contributed by atoms with van der Waals surface area (Å²) in [6.45, 7) is 0. The molecule has 2 unspecified atom stereocenters. The summed E-state index contributed by atoms with van der Waals surface area (Å²) in [5.41, 5.74) is 0.484. The Labute approximate surface area is 156 Å². The number of ketones is 1. The van der Waals surface area contributed by atoms with E-state index in [-0.39, 0.29) is 57.2 Å². The standard InChI is InChI=1S/C13H16O4S.K/c14-13(10-6-2-1-3-7-10)11-8-4-5-9-12(11)18(15,16)17;/h1-3,6-7,11-12H,4-5,8-9H2,(H,15,16,17);/q;+1/p-1. The fourth-order valence-corrected chi connectivity index (χ4v) is 3.68. The number of rotatable bonds is 3. The van der Waals surface area contributed by atoms with Crippen LogP contribution >= 0.6 is 0 Å². The minimum atomic E-state index is -4.40. The molecule has 2 rings (SSSR count). The van der Waals surface area contributed by atoms with Crippen molar-refractivity contribution in [1.29, 1.82) is 0 Å². The van der Waals surface area contributed by atoms with Gasteiger partial charge in [0.15, 0.2) is 5.78 Å². The average Bonchev–Trinajstić information content (AvgIpc) is 2.38. The van der Waals surface area contributed by atoms with Crippen LogP contribution in [0.3, 0.4) is 0 Å². The summed E-state index contributed by atoms with van der Waals surface area (Å²) in [5, 5.41) is -1.06. The first kappa shape index (κ1) is 17.5. The summed E-state index contributed by atoms with van der Waals surface area (Å²) >= 11 is 0. The molecule has 0 aromatic heterocycles. The third-order valence-corrected chi connectivity index (χ3v) is 4.77. The normalized spacial score (nSPS) is 23.4. The molecule has 1 saturated carbocycles. The van der Waals surface area contributed by atoms with Crippen LogP contribution in [0.15, 0.2) is 30.3 Å². The fourth-order valence-electron chi connectivity index (χ4n) is 2.56. The summed E-state index contributed by atoms with van der Waals surface area (Å²) in [5.74, 6) is -0.900. The average molecular weight is 306 g/mol. The molecule has 1 aromatic carbocycles. The second-order valence-corrected chi connectivity index (χ2v) is 6.24. The maximum Gasteiger partial charge on any atom is 1.00 e. The number of carbonyl (C=O) groups excluding carboxylic acids is 1. The van der Waals surface area contributed by atoms with Crippen LogP contribution in [0.2, 0.25) is 0 Å². The Balaban J connectivity index is 0.00000180. The molecule has 1 aromatic rings. The van der Waals surface area contributed by atoms with E-state index in [1.165, 1.54) is 0 Å². The Morgan fingerprint density at radius 1 is 1.11 bits per heavy atom. The van der Waals surface area contributed by atoms with Crippen molar-refractivity contribution in [2.24, 2.45) is 5.92 Å². The fraction of sp³-hybridized carbons (Fsp3) is 0.462. The maximum absolute atomic E-state index is 12.3. The van der Waals surface area contributed by atoms with Crippen molar-refractivity contribution in [1.82, 2.24) is 0 Å². The van der Waals surface area contributed by atoms with Crippen molar-refractivity contribution in [3.63, 3.8) is 0 Å². The summed E-state index contributed by atoms with van der Waals surface area (Å²) < 4.78 is 33.7. The number of benzene rings is 1. The maximum atomic E-state index is 12.3. The summed E-state index contributed by atoms with van der Waals surface area (Å²) in [6.07, 6.45) is 2.29. The second-order valence-electron chi connectivity index (χ2n) is 4.65. The van der Waals surface area contributed by atoms with E-state index in [1.807, 2.05) is 0 Å². The number of hydrogen-bond donors (Lipinski definition) is 0. The van der Waals surface area contributed by atoms with Crippen LogP contribution in [-0.4, -0.2) is 24.0 Å². The Hall–Kier alpha value is 0.436. The molecule has 98 valence electrons. The van der Waals surface area contributed by atoms with Gasteiger partial charge in [-0.15, -0.1) is 0 Å². The molecule has 0 bridgehead atoms. The quantitative estimate of drug-likeness (QED) is 0.407. The van der Waals surface area contributed by atoms with Gasteiger partial charge in [0.25, 0.3) is 0 Å². The minimum absolute atomic E-state index is 0. The number of Topliss-reactive ketones (excluding diaryl/α,β-unsaturated/α-hetero) is 1. The van der Waals surface area contributed by atoms with E-state index in [0.717, 1.165) is 6.42 Å². The first-order valence-electron chi connectivity index (χ1n) is 6.04. The number of hydrogen-bond acceptors (Lipinski definition) is 4. The van der Waals surface area contributed by atoms with E-state index < -0.39 is 21.3 Å². The molecule has 2 atom stereocenters. The molecule has 0 amide bonds. The van der Waals surface area contributed by atoms with E-state index in [2.05, 4.69) is 0 Å². The van der Waals surface area contributed by atoms with Gasteiger partial charge >= 0.3 is 51.4 Å². The van der Waals surface area contributed by atoms with E-state index in [0.29, 0.717) is 24.8 Å². The summed E-state index contributed by atoms with van der Waals surface area (Å²) in [4.78, 5) is 12.3. The van der Waals surface area contributed by atoms with E-state index in [1.54, 1.807) is 30.3 Å². The molecular weight excluding hydrogens is 291 g/mol. The zero-order chi connectivity index (χ0) is 13.2.